The highest BCUT2D eigenvalue weighted by Gasteiger charge is 2.26. The van der Waals surface area contributed by atoms with Gasteiger partial charge in [0.2, 0.25) is 5.95 Å². The number of aliphatic imine (C=N–C) groups is 1. The van der Waals surface area contributed by atoms with Crippen LogP contribution in [0.1, 0.15) is 77.3 Å². The Kier molecular flexibility index (Phi) is 12.1. The molecule has 3 heterocycles. The van der Waals surface area contributed by atoms with Gasteiger partial charge in [-0.3, -0.25) is 9.79 Å². The fourth-order valence-electron chi connectivity index (χ4n) is 6.34. The first-order valence-corrected chi connectivity index (χ1v) is 17.3. The van der Waals surface area contributed by atoms with Gasteiger partial charge in [0.05, 0.1) is 35.9 Å². The van der Waals surface area contributed by atoms with Gasteiger partial charge in [-0.1, -0.05) is 44.2 Å². The van der Waals surface area contributed by atoms with Crippen LogP contribution in [0.4, 0.5) is 5.95 Å². The maximum Gasteiger partial charge on any atom is 0.323 e. The normalized spacial score (nSPS) is 18.7. The maximum atomic E-state index is 12.8. The minimum atomic E-state index is -0.287. The number of carbonyl (C=O) groups is 1. The molecule has 2 unspecified atom stereocenters. The van der Waals surface area contributed by atoms with Crippen LogP contribution in [0.25, 0.3) is 11.0 Å². The van der Waals surface area contributed by atoms with Gasteiger partial charge in [-0.05, 0) is 87.7 Å². The number of nitrogens with zero attached hydrogens (tertiary/aromatic N) is 4. The maximum absolute atomic E-state index is 12.8. The van der Waals surface area contributed by atoms with E-state index in [1.54, 1.807) is 7.11 Å². The van der Waals surface area contributed by atoms with E-state index in [2.05, 4.69) is 47.9 Å². The number of anilines is 1. The Morgan fingerprint density at radius 3 is 2.62 bits per heavy atom. The second-order valence-corrected chi connectivity index (χ2v) is 13.5. The van der Waals surface area contributed by atoms with Crippen molar-refractivity contribution in [2.24, 2.45) is 16.8 Å². The quantitative estimate of drug-likeness (QED) is 0.0932. The van der Waals surface area contributed by atoms with Gasteiger partial charge in [-0.15, -0.1) is 0 Å². The minimum absolute atomic E-state index is 0.0377. The molecule has 0 radical (unpaired) electrons. The first-order valence-electron chi connectivity index (χ1n) is 16.9. The van der Waals surface area contributed by atoms with Crippen LogP contribution in [0.3, 0.4) is 0 Å². The van der Waals surface area contributed by atoms with E-state index in [1.807, 2.05) is 48.2 Å². The zero-order chi connectivity index (χ0) is 34.2. The van der Waals surface area contributed by atoms with E-state index in [0.717, 1.165) is 61.1 Å². The number of nitrogens with one attached hydrogen (secondary N) is 1. The van der Waals surface area contributed by atoms with Crippen molar-refractivity contribution >= 4 is 40.8 Å². The average molecular weight is 675 g/mol. The Morgan fingerprint density at radius 1 is 1.17 bits per heavy atom. The molecule has 10 nitrogen and oxygen atoms in total. The number of rotatable bonds is 13. The number of esters is 1. The van der Waals surface area contributed by atoms with Crippen molar-refractivity contribution in [1.29, 1.82) is 0 Å². The van der Waals surface area contributed by atoms with Crippen molar-refractivity contribution in [2.75, 3.05) is 26.0 Å². The van der Waals surface area contributed by atoms with Crippen molar-refractivity contribution in [3.05, 3.63) is 58.0 Å². The predicted octanol–water partition coefficient (Wildman–Crippen LogP) is 6.34. The third-order valence-electron chi connectivity index (χ3n) is 8.84. The largest absolute Gasteiger partial charge is 0.494 e. The average Bonchev–Trinajstić information content (AvgIpc) is 3.69. The molecular formula is C37H47ClN6O4. The lowest BCUT2D eigenvalue weighted by Crippen LogP contribution is -2.41. The van der Waals surface area contributed by atoms with Crippen LogP contribution in [-0.4, -0.2) is 65.2 Å². The van der Waals surface area contributed by atoms with Crippen LogP contribution in [-0.2, 0) is 20.8 Å². The summed E-state index contributed by atoms with van der Waals surface area (Å²) < 4.78 is 19.4. The highest BCUT2D eigenvalue weighted by molar-refractivity contribution is 6.34. The number of allylic oxidation sites excluding steroid dienone is 1. The van der Waals surface area contributed by atoms with E-state index in [4.69, 9.17) is 36.5 Å². The highest BCUT2D eigenvalue weighted by atomic mass is 35.5. The molecule has 1 aliphatic carbocycles. The molecule has 0 bridgehead atoms. The number of aromatic nitrogens is 3. The number of methoxy groups -OCH3 is 1. The third kappa shape index (κ3) is 8.95. The Bertz CT molecular complexity index is 1700. The molecule has 1 aromatic carbocycles. The molecule has 1 aliphatic heterocycles. The summed E-state index contributed by atoms with van der Waals surface area (Å²) >= 11 is 6.56. The van der Waals surface area contributed by atoms with Crippen LogP contribution in [0.5, 0.6) is 5.75 Å². The molecule has 256 valence electrons. The van der Waals surface area contributed by atoms with Crippen LogP contribution in [0, 0.1) is 23.7 Å². The Hall–Kier alpha value is -3.91. The molecule has 11 heteroatoms. The van der Waals surface area contributed by atoms with E-state index >= 15 is 0 Å². The SMILES string of the molecule is COC1C(C)=C(Cn2cc(C#Cc3ccc(OCCCN[C@@H](CC(C)C)C(=O)OC4CCCC4)cc3)c3c(Cl)nc(N)nc32)N=CC1C. The zero-order valence-corrected chi connectivity index (χ0v) is 29.3. The Balaban J connectivity index is 1.19. The lowest BCUT2D eigenvalue weighted by Gasteiger charge is -2.26. The molecule has 1 fully saturated rings. The summed E-state index contributed by atoms with van der Waals surface area (Å²) in [6.45, 7) is 10.0. The van der Waals surface area contributed by atoms with Gasteiger partial charge < -0.3 is 29.8 Å². The summed E-state index contributed by atoms with van der Waals surface area (Å²) in [7, 11) is 1.72. The van der Waals surface area contributed by atoms with Gasteiger partial charge >= 0.3 is 5.97 Å². The van der Waals surface area contributed by atoms with Gasteiger partial charge in [-0.25, -0.2) is 4.98 Å². The molecule has 0 spiro atoms. The first kappa shape index (κ1) is 35.4. The molecule has 48 heavy (non-hydrogen) atoms. The van der Waals surface area contributed by atoms with Crippen LogP contribution in [0.2, 0.25) is 5.15 Å². The molecule has 2 aliphatic rings. The summed E-state index contributed by atoms with van der Waals surface area (Å²) in [5.41, 5.74) is 10.1. The Labute approximate surface area is 288 Å². The van der Waals surface area contributed by atoms with Gasteiger partial charge in [0.1, 0.15) is 28.7 Å². The van der Waals surface area contributed by atoms with E-state index < -0.39 is 0 Å². The zero-order valence-electron chi connectivity index (χ0n) is 28.6. The van der Waals surface area contributed by atoms with E-state index in [-0.39, 0.29) is 41.2 Å². The van der Waals surface area contributed by atoms with Crippen molar-refractivity contribution in [2.45, 2.75) is 91.0 Å². The number of halogens is 1. The van der Waals surface area contributed by atoms with Gasteiger partial charge in [0.25, 0.3) is 0 Å². The number of nitrogen functional groups attached to an aromatic ring is 1. The van der Waals surface area contributed by atoms with E-state index in [9.17, 15) is 4.79 Å². The number of nitrogens with two attached hydrogens (primary N) is 1. The van der Waals surface area contributed by atoms with Gasteiger partial charge in [0, 0.05) is 31.0 Å². The molecular weight excluding hydrogens is 628 g/mol. The van der Waals surface area contributed by atoms with Crippen molar-refractivity contribution < 1.29 is 19.0 Å². The van der Waals surface area contributed by atoms with Gasteiger partial charge in [0.15, 0.2) is 0 Å². The lowest BCUT2D eigenvalue weighted by atomic mass is 9.95. The Morgan fingerprint density at radius 2 is 1.92 bits per heavy atom. The molecule has 3 atom stereocenters. The smallest absolute Gasteiger partial charge is 0.323 e. The van der Waals surface area contributed by atoms with Crippen LogP contribution < -0.4 is 15.8 Å². The fraction of sp³-hybridized carbons (Fsp3) is 0.514. The van der Waals surface area contributed by atoms with E-state index in [1.165, 1.54) is 0 Å². The fourth-order valence-corrected chi connectivity index (χ4v) is 6.61. The van der Waals surface area contributed by atoms with Crippen molar-refractivity contribution in [3.8, 4) is 17.6 Å². The van der Waals surface area contributed by atoms with Gasteiger partial charge in [-0.2, -0.15) is 4.98 Å². The lowest BCUT2D eigenvalue weighted by molar-refractivity contribution is -0.151. The summed E-state index contributed by atoms with van der Waals surface area (Å²) in [6.07, 6.45) is 9.62. The predicted molar refractivity (Wildman–Crippen MR) is 190 cm³/mol. The van der Waals surface area contributed by atoms with Crippen molar-refractivity contribution in [3.63, 3.8) is 0 Å². The second-order valence-electron chi connectivity index (χ2n) is 13.1. The number of carbonyl (C=O) groups excluding carboxylic acids is 1. The summed E-state index contributed by atoms with van der Waals surface area (Å²) in [6, 6.07) is 7.36. The summed E-state index contributed by atoms with van der Waals surface area (Å²) in [5, 5.41) is 4.28. The molecule has 3 aromatic rings. The summed E-state index contributed by atoms with van der Waals surface area (Å²) in [5.74, 6) is 7.79. The monoisotopic (exact) mass is 674 g/mol. The minimum Gasteiger partial charge on any atom is -0.494 e. The van der Waals surface area contributed by atoms with Crippen molar-refractivity contribution in [1.82, 2.24) is 19.9 Å². The molecule has 2 aromatic heterocycles. The third-order valence-corrected chi connectivity index (χ3v) is 9.11. The number of fused-ring (bicyclic) bond motifs is 1. The van der Waals surface area contributed by atoms with E-state index in [0.29, 0.717) is 42.2 Å². The molecule has 3 N–H and O–H groups in total. The molecule has 5 rings (SSSR count). The number of benzene rings is 1. The number of ether oxygens (including phenoxy) is 3. The van der Waals surface area contributed by atoms with Crippen LogP contribution in [0.15, 0.2) is 46.7 Å². The standard InChI is InChI=1S/C37H47ClN6O4/c1-23(2)19-30(36(45)48-29-9-6-7-10-29)40-17-8-18-47-28-15-12-26(13-16-28)11-14-27-21-44(35-32(27)34(38)42-37(39)43-35)22-31-25(4)33(46-5)24(3)20-41-31/h12-13,15-16,20-21,23-24,29-30,33,40H,6-10,17-19,22H2,1-5H3,(H2,39,42,43)/t24?,30-,33?/m0/s1. The highest BCUT2D eigenvalue weighted by Crippen LogP contribution is 2.30. The topological polar surface area (TPSA) is 126 Å². The van der Waals surface area contributed by atoms with Crippen LogP contribution >= 0.6 is 11.6 Å². The number of hydrogen-bond donors (Lipinski definition) is 2. The molecule has 1 saturated carbocycles. The summed E-state index contributed by atoms with van der Waals surface area (Å²) in [4.78, 5) is 26.1. The molecule has 0 amide bonds. The second kappa shape index (κ2) is 16.5. The molecule has 0 saturated heterocycles. The number of hydrogen-bond acceptors (Lipinski definition) is 9. The first-order chi connectivity index (χ1) is 23.1.